The summed E-state index contributed by atoms with van der Waals surface area (Å²) >= 11 is 1.18. The fraction of sp³-hybridized carbons (Fsp3) is 0.500. The van der Waals surface area contributed by atoms with E-state index in [1.165, 1.54) is 11.3 Å². The Morgan fingerprint density at radius 2 is 2.29 bits per heavy atom. The Labute approximate surface area is 102 Å². The Morgan fingerprint density at radius 3 is 2.82 bits per heavy atom. The first-order valence-corrected chi connectivity index (χ1v) is 6.23. The quantitative estimate of drug-likeness (QED) is 0.627. The zero-order chi connectivity index (χ0) is 12.3. The molecule has 0 radical (unpaired) electrons. The summed E-state index contributed by atoms with van der Waals surface area (Å²) in [6, 6.07) is 0. The van der Waals surface area contributed by atoms with Crippen molar-refractivity contribution < 1.29 is 14.7 Å². The molecular formula is C10H13N3O3S. The van der Waals surface area contributed by atoms with Crippen molar-refractivity contribution in [1.82, 2.24) is 4.98 Å². The molecule has 1 aromatic rings. The lowest BCUT2D eigenvalue weighted by atomic mass is 10.3. The highest BCUT2D eigenvalue weighted by Crippen LogP contribution is 2.21. The molecule has 0 saturated heterocycles. The third kappa shape index (κ3) is 2.94. The molecule has 1 heterocycles. The van der Waals surface area contributed by atoms with E-state index in [2.05, 4.69) is 10.1 Å². The number of nitrogen functional groups attached to an aromatic ring is 1. The third-order valence-electron chi connectivity index (χ3n) is 2.56. The second kappa shape index (κ2) is 5.13. The number of carboxylic acid groups (broad SMARTS) is 1. The van der Waals surface area contributed by atoms with E-state index in [1.54, 1.807) is 5.38 Å². The maximum atomic E-state index is 11.0. The third-order valence-corrected chi connectivity index (χ3v) is 3.24. The van der Waals surface area contributed by atoms with Crippen LogP contribution in [0.5, 0.6) is 0 Å². The van der Waals surface area contributed by atoms with Gasteiger partial charge in [-0.1, -0.05) is 5.16 Å². The molecule has 0 unspecified atom stereocenters. The largest absolute Gasteiger partial charge is 0.476 e. The van der Waals surface area contributed by atoms with Gasteiger partial charge in [0.05, 0.1) is 0 Å². The van der Waals surface area contributed by atoms with Gasteiger partial charge in [-0.05, 0) is 25.7 Å². The van der Waals surface area contributed by atoms with Gasteiger partial charge in [0.25, 0.3) is 0 Å². The van der Waals surface area contributed by atoms with Crippen LogP contribution in [-0.4, -0.2) is 27.9 Å². The molecule has 1 aliphatic rings. The van der Waals surface area contributed by atoms with Crippen LogP contribution in [0, 0.1) is 0 Å². The number of anilines is 1. The average Bonchev–Trinajstić information content (AvgIpc) is 2.90. The Hall–Kier alpha value is -1.63. The number of carboxylic acids is 1. The van der Waals surface area contributed by atoms with Gasteiger partial charge in [-0.2, -0.15) is 0 Å². The molecule has 3 N–H and O–H groups in total. The molecule has 0 spiro atoms. The van der Waals surface area contributed by atoms with Gasteiger partial charge >= 0.3 is 5.97 Å². The number of nitrogens with zero attached hydrogens (tertiary/aromatic N) is 2. The van der Waals surface area contributed by atoms with E-state index < -0.39 is 5.97 Å². The molecule has 0 amide bonds. The molecule has 7 heteroatoms. The van der Waals surface area contributed by atoms with Crippen LogP contribution in [0.2, 0.25) is 0 Å². The molecule has 0 atom stereocenters. The van der Waals surface area contributed by atoms with E-state index in [0.29, 0.717) is 5.13 Å². The van der Waals surface area contributed by atoms with E-state index in [9.17, 15) is 4.79 Å². The summed E-state index contributed by atoms with van der Waals surface area (Å²) in [5.41, 5.74) is 5.51. The minimum absolute atomic E-state index is 0.0281. The molecule has 17 heavy (non-hydrogen) atoms. The van der Waals surface area contributed by atoms with Gasteiger partial charge in [0.15, 0.2) is 5.13 Å². The highest BCUT2D eigenvalue weighted by molar-refractivity contribution is 7.13. The minimum atomic E-state index is -1.16. The van der Waals surface area contributed by atoms with Gasteiger partial charge in [0.2, 0.25) is 5.71 Å². The van der Waals surface area contributed by atoms with Gasteiger partial charge in [-0.25, -0.2) is 9.78 Å². The van der Waals surface area contributed by atoms with Crippen LogP contribution in [0.3, 0.4) is 0 Å². The van der Waals surface area contributed by atoms with Gasteiger partial charge in [0.1, 0.15) is 11.8 Å². The molecule has 0 aliphatic heterocycles. The average molecular weight is 255 g/mol. The first kappa shape index (κ1) is 11.8. The number of hydrogen-bond acceptors (Lipinski definition) is 6. The molecule has 2 rings (SSSR count). The fourth-order valence-electron chi connectivity index (χ4n) is 1.71. The number of oxime groups is 1. The van der Waals surface area contributed by atoms with Crippen molar-refractivity contribution in [2.45, 2.75) is 31.8 Å². The number of aliphatic carboxylic acids is 1. The summed E-state index contributed by atoms with van der Waals surface area (Å²) in [5.74, 6) is -1.16. The predicted molar refractivity (Wildman–Crippen MR) is 64.0 cm³/mol. The normalized spacial score (nSPS) is 17.3. The van der Waals surface area contributed by atoms with Crippen molar-refractivity contribution in [3.05, 3.63) is 11.1 Å². The monoisotopic (exact) mass is 255 g/mol. The lowest BCUT2D eigenvalue weighted by Gasteiger charge is -2.06. The summed E-state index contributed by atoms with van der Waals surface area (Å²) in [6.07, 6.45) is 4.09. The lowest BCUT2D eigenvalue weighted by molar-refractivity contribution is -0.129. The molecule has 1 aliphatic carbocycles. The van der Waals surface area contributed by atoms with Crippen molar-refractivity contribution in [1.29, 1.82) is 0 Å². The zero-order valence-electron chi connectivity index (χ0n) is 9.13. The maximum absolute atomic E-state index is 11.0. The number of carbonyl (C=O) groups is 1. The Morgan fingerprint density at radius 1 is 1.59 bits per heavy atom. The van der Waals surface area contributed by atoms with E-state index in [0.717, 1.165) is 25.7 Å². The highest BCUT2D eigenvalue weighted by atomic mass is 32.1. The van der Waals surface area contributed by atoms with Crippen LogP contribution >= 0.6 is 11.3 Å². The van der Waals surface area contributed by atoms with Gasteiger partial charge in [-0.15, -0.1) is 11.3 Å². The lowest BCUT2D eigenvalue weighted by Crippen LogP contribution is -2.17. The first-order chi connectivity index (χ1) is 8.16. The van der Waals surface area contributed by atoms with E-state index in [4.69, 9.17) is 15.7 Å². The molecule has 0 bridgehead atoms. The van der Waals surface area contributed by atoms with Crippen LogP contribution in [-0.2, 0) is 9.63 Å². The topological polar surface area (TPSA) is 97.8 Å². The number of thiazole rings is 1. The molecule has 0 aromatic carbocycles. The van der Waals surface area contributed by atoms with Crippen LogP contribution in [0.15, 0.2) is 10.5 Å². The van der Waals surface area contributed by atoms with Crippen LogP contribution in [0.1, 0.15) is 31.4 Å². The summed E-state index contributed by atoms with van der Waals surface area (Å²) < 4.78 is 0. The Balaban J connectivity index is 2.11. The molecule has 1 aromatic heterocycles. The number of hydrogen-bond donors (Lipinski definition) is 2. The smallest absolute Gasteiger partial charge is 0.360 e. The highest BCUT2D eigenvalue weighted by Gasteiger charge is 2.20. The molecule has 6 nitrogen and oxygen atoms in total. The second-order valence-electron chi connectivity index (χ2n) is 3.83. The van der Waals surface area contributed by atoms with Crippen LogP contribution < -0.4 is 5.73 Å². The SMILES string of the molecule is Nc1nc(C(=NOC2CCCC2)C(=O)O)cs1. The number of nitrogens with two attached hydrogens (primary N) is 1. The van der Waals surface area contributed by atoms with E-state index in [-0.39, 0.29) is 17.5 Å². The summed E-state index contributed by atoms with van der Waals surface area (Å²) in [6.45, 7) is 0. The molecule has 1 fully saturated rings. The van der Waals surface area contributed by atoms with Crippen molar-refractivity contribution in [3.8, 4) is 0 Å². The van der Waals surface area contributed by atoms with Crippen molar-refractivity contribution >= 4 is 28.1 Å². The minimum Gasteiger partial charge on any atom is -0.476 e. The molecular weight excluding hydrogens is 242 g/mol. The summed E-state index contributed by atoms with van der Waals surface area (Å²) in [5, 5.41) is 14.6. The van der Waals surface area contributed by atoms with Crippen LogP contribution in [0.25, 0.3) is 0 Å². The van der Waals surface area contributed by atoms with Crippen molar-refractivity contribution in [2.75, 3.05) is 5.73 Å². The molecule has 1 saturated carbocycles. The molecule has 92 valence electrons. The standard InChI is InChI=1S/C10H13N3O3S/c11-10-12-7(5-17-10)8(9(14)15)13-16-6-3-1-2-4-6/h5-6H,1-4H2,(H2,11,12)(H,14,15). The van der Waals surface area contributed by atoms with Gasteiger partial charge in [0, 0.05) is 5.38 Å². The van der Waals surface area contributed by atoms with Crippen molar-refractivity contribution in [3.63, 3.8) is 0 Å². The van der Waals surface area contributed by atoms with Crippen molar-refractivity contribution in [2.24, 2.45) is 5.16 Å². The number of aromatic nitrogens is 1. The van der Waals surface area contributed by atoms with Crippen LogP contribution in [0.4, 0.5) is 5.13 Å². The predicted octanol–water partition coefficient (Wildman–Crippen LogP) is 1.47. The maximum Gasteiger partial charge on any atom is 0.360 e. The van der Waals surface area contributed by atoms with E-state index in [1.807, 2.05) is 0 Å². The number of rotatable bonds is 4. The fourth-order valence-corrected chi connectivity index (χ4v) is 2.26. The summed E-state index contributed by atoms with van der Waals surface area (Å²) in [7, 11) is 0. The summed E-state index contributed by atoms with van der Waals surface area (Å²) in [4.78, 5) is 20.1. The Bertz CT molecular complexity index is 438. The first-order valence-electron chi connectivity index (χ1n) is 5.35. The van der Waals surface area contributed by atoms with E-state index >= 15 is 0 Å². The second-order valence-corrected chi connectivity index (χ2v) is 4.72. The van der Waals surface area contributed by atoms with Gasteiger partial charge in [-0.3, -0.25) is 0 Å². The van der Waals surface area contributed by atoms with Gasteiger partial charge < -0.3 is 15.7 Å². The Kier molecular flexibility index (Phi) is 3.58. The zero-order valence-corrected chi connectivity index (χ0v) is 9.94.